The molecule has 3 aromatic rings. The first-order valence-electron chi connectivity index (χ1n) is 8.64. The number of rotatable bonds is 5. The summed E-state index contributed by atoms with van der Waals surface area (Å²) in [6.07, 6.45) is 2.82. The van der Waals surface area contributed by atoms with E-state index in [1.807, 2.05) is 35.1 Å². The zero-order valence-corrected chi connectivity index (χ0v) is 14.2. The van der Waals surface area contributed by atoms with Gasteiger partial charge in [-0.25, -0.2) is 0 Å². The van der Waals surface area contributed by atoms with Gasteiger partial charge < -0.3 is 5.32 Å². The van der Waals surface area contributed by atoms with E-state index in [2.05, 4.69) is 53.7 Å². The Morgan fingerprint density at radius 2 is 1.88 bits per heavy atom. The molecule has 1 aliphatic rings. The van der Waals surface area contributed by atoms with Crippen LogP contribution in [-0.2, 0) is 11.3 Å². The average Bonchev–Trinajstić information content (AvgIpc) is 3.33. The monoisotopic (exact) mass is 331 g/mol. The highest BCUT2D eigenvalue weighted by atomic mass is 16.2. The Bertz CT molecular complexity index is 868. The van der Waals surface area contributed by atoms with E-state index in [4.69, 9.17) is 0 Å². The molecule has 1 saturated carbocycles. The van der Waals surface area contributed by atoms with Crippen LogP contribution in [0.4, 0.5) is 5.82 Å². The van der Waals surface area contributed by atoms with E-state index in [9.17, 15) is 4.79 Å². The van der Waals surface area contributed by atoms with Crippen LogP contribution in [0.15, 0.2) is 66.9 Å². The van der Waals surface area contributed by atoms with Crippen LogP contribution >= 0.6 is 0 Å². The fourth-order valence-electron chi connectivity index (χ4n) is 3.17. The minimum atomic E-state index is 0.0599. The van der Waals surface area contributed by atoms with Gasteiger partial charge in [-0.3, -0.25) is 9.48 Å². The molecule has 0 bridgehead atoms. The Balaban J connectivity index is 1.35. The van der Waals surface area contributed by atoms with Crippen molar-refractivity contribution in [1.29, 1.82) is 0 Å². The number of aryl methyl sites for hydroxylation is 1. The van der Waals surface area contributed by atoms with Gasteiger partial charge in [-0.1, -0.05) is 60.2 Å². The van der Waals surface area contributed by atoms with E-state index in [1.165, 1.54) is 16.7 Å². The molecule has 2 aromatic carbocycles. The van der Waals surface area contributed by atoms with Gasteiger partial charge in [-0.15, -0.1) is 0 Å². The molecule has 0 unspecified atom stereocenters. The number of carbonyl (C=O) groups is 1. The van der Waals surface area contributed by atoms with Crippen LogP contribution < -0.4 is 5.32 Å². The van der Waals surface area contributed by atoms with Crippen molar-refractivity contribution in [1.82, 2.24) is 9.78 Å². The topological polar surface area (TPSA) is 46.9 Å². The van der Waals surface area contributed by atoms with Gasteiger partial charge in [0, 0.05) is 18.2 Å². The second-order valence-corrected chi connectivity index (χ2v) is 6.73. The number of nitrogens with zero attached hydrogens (tertiary/aromatic N) is 2. The van der Waals surface area contributed by atoms with Crippen molar-refractivity contribution in [3.05, 3.63) is 83.6 Å². The van der Waals surface area contributed by atoms with Crippen LogP contribution in [0.2, 0.25) is 0 Å². The SMILES string of the molecule is Cc1ccc(Cn2ccc(NC(=O)[C@@H]3C[C@@H]3c3ccccc3)n2)cc1. The molecule has 1 fully saturated rings. The minimum absolute atomic E-state index is 0.0599. The fraction of sp³-hybridized carbons (Fsp3) is 0.238. The average molecular weight is 331 g/mol. The van der Waals surface area contributed by atoms with E-state index in [-0.39, 0.29) is 11.8 Å². The summed E-state index contributed by atoms with van der Waals surface area (Å²) in [5.74, 6) is 1.09. The zero-order valence-electron chi connectivity index (χ0n) is 14.2. The molecule has 4 heteroatoms. The molecule has 0 spiro atoms. The van der Waals surface area contributed by atoms with Crippen molar-refractivity contribution < 1.29 is 4.79 Å². The number of amides is 1. The molecule has 0 radical (unpaired) electrons. The molecule has 126 valence electrons. The summed E-state index contributed by atoms with van der Waals surface area (Å²) in [5.41, 5.74) is 3.68. The van der Waals surface area contributed by atoms with Gasteiger partial charge in [0.2, 0.25) is 5.91 Å². The fourth-order valence-corrected chi connectivity index (χ4v) is 3.17. The predicted molar refractivity (Wildman–Crippen MR) is 98.4 cm³/mol. The molecule has 1 aromatic heterocycles. The number of benzene rings is 2. The maximum Gasteiger partial charge on any atom is 0.229 e. The lowest BCUT2D eigenvalue weighted by Crippen LogP contribution is -2.15. The molecule has 0 saturated heterocycles. The molecular weight excluding hydrogens is 310 g/mol. The lowest BCUT2D eigenvalue weighted by atomic mass is 10.1. The quantitative estimate of drug-likeness (QED) is 0.768. The third-order valence-electron chi connectivity index (χ3n) is 4.71. The smallest absolute Gasteiger partial charge is 0.229 e. The third-order valence-corrected chi connectivity index (χ3v) is 4.71. The van der Waals surface area contributed by atoms with Crippen molar-refractivity contribution in [2.75, 3.05) is 5.32 Å². The molecule has 1 heterocycles. The van der Waals surface area contributed by atoms with E-state index >= 15 is 0 Å². The molecule has 4 nitrogen and oxygen atoms in total. The molecule has 1 aliphatic carbocycles. The maximum absolute atomic E-state index is 12.4. The lowest BCUT2D eigenvalue weighted by molar-refractivity contribution is -0.117. The lowest BCUT2D eigenvalue weighted by Gasteiger charge is -2.04. The van der Waals surface area contributed by atoms with Gasteiger partial charge in [-0.2, -0.15) is 5.10 Å². The Hall–Kier alpha value is -2.88. The number of aromatic nitrogens is 2. The summed E-state index contributed by atoms with van der Waals surface area (Å²) in [6.45, 7) is 2.78. The van der Waals surface area contributed by atoms with E-state index in [0.717, 1.165) is 6.42 Å². The zero-order chi connectivity index (χ0) is 17.2. The van der Waals surface area contributed by atoms with Crippen LogP contribution in [0.5, 0.6) is 0 Å². The van der Waals surface area contributed by atoms with E-state index in [1.54, 1.807) is 0 Å². The number of carbonyl (C=O) groups excluding carboxylic acids is 1. The second-order valence-electron chi connectivity index (χ2n) is 6.73. The van der Waals surface area contributed by atoms with Gasteiger partial charge in [0.05, 0.1) is 6.54 Å². The predicted octanol–water partition coefficient (Wildman–Crippen LogP) is 3.98. The number of hydrogen-bond donors (Lipinski definition) is 1. The Kier molecular flexibility index (Phi) is 4.10. The Morgan fingerprint density at radius 3 is 2.64 bits per heavy atom. The van der Waals surface area contributed by atoms with Crippen LogP contribution in [0.3, 0.4) is 0 Å². The maximum atomic E-state index is 12.4. The Morgan fingerprint density at radius 1 is 1.12 bits per heavy atom. The Labute approximate surface area is 147 Å². The summed E-state index contributed by atoms with van der Waals surface area (Å²) < 4.78 is 1.85. The highest BCUT2D eigenvalue weighted by molar-refractivity contribution is 5.94. The van der Waals surface area contributed by atoms with E-state index < -0.39 is 0 Å². The number of anilines is 1. The highest BCUT2D eigenvalue weighted by Crippen LogP contribution is 2.47. The first-order chi connectivity index (χ1) is 12.2. The van der Waals surface area contributed by atoms with Crippen molar-refractivity contribution in [2.24, 2.45) is 5.92 Å². The van der Waals surface area contributed by atoms with Gasteiger partial charge in [-0.05, 0) is 30.4 Å². The normalized spacial score (nSPS) is 18.8. The van der Waals surface area contributed by atoms with Crippen molar-refractivity contribution in [3.63, 3.8) is 0 Å². The molecular formula is C21H21N3O. The summed E-state index contributed by atoms with van der Waals surface area (Å²) in [5, 5.41) is 7.41. The van der Waals surface area contributed by atoms with Crippen LogP contribution in [-0.4, -0.2) is 15.7 Å². The highest BCUT2D eigenvalue weighted by Gasteiger charge is 2.43. The first-order valence-corrected chi connectivity index (χ1v) is 8.64. The molecule has 25 heavy (non-hydrogen) atoms. The molecule has 4 rings (SSSR count). The summed E-state index contributed by atoms with van der Waals surface area (Å²) in [6, 6.07) is 20.5. The van der Waals surface area contributed by atoms with Crippen LogP contribution in [0.25, 0.3) is 0 Å². The van der Waals surface area contributed by atoms with Crippen molar-refractivity contribution in [3.8, 4) is 0 Å². The van der Waals surface area contributed by atoms with Crippen LogP contribution in [0, 0.1) is 12.8 Å². The van der Waals surface area contributed by atoms with Crippen molar-refractivity contribution in [2.45, 2.75) is 25.8 Å². The summed E-state index contributed by atoms with van der Waals surface area (Å²) >= 11 is 0. The van der Waals surface area contributed by atoms with Gasteiger partial charge in [0.1, 0.15) is 0 Å². The number of nitrogens with one attached hydrogen (secondary N) is 1. The van der Waals surface area contributed by atoms with Crippen molar-refractivity contribution >= 4 is 11.7 Å². The standard InChI is InChI=1S/C21H21N3O/c1-15-7-9-16(10-8-15)14-24-12-11-20(23-24)22-21(25)19-13-18(19)17-5-3-2-4-6-17/h2-12,18-19H,13-14H2,1H3,(H,22,23,25)/t18-,19-/m1/s1. The molecule has 1 amide bonds. The van der Waals surface area contributed by atoms with Gasteiger partial charge >= 0.3 is 0 Å². The molecule has 2 atom stereocenters. The van der Waals surface area contributed by atoms with Gasteiger partial charge in [0.15, 0.2) is 5.82 Å². The largest absolute Gasteiger partial charge is 0.309 e. The second kappa shape index (κ2) is 6.55. The molecule has 0 aliphatic heterocycles. The van der Waals surface area contributed by atoms with Gasteiger partial charge in [0.25, 0.3) is 0 Å². The third kappa shape index (κ3) is 3.63. The number of hydrogen-bond acceptors (Lipinski definition) is 2. The summed E-state index contributed by atoms with van der Waals surface area (Å²) in [4.78, 5) is 12.4. The van der Waals surface area contributed by atoms with E-state index in [0.29, 0.717) is 18.3 Å². The van der Waals surface area contributed by atoms with Crippen LogP contribution in [0.1, 0.15) is 29.0 Å². The minimum Gasteiger partial charge on any atom is -0.309 e. The summed E-state index contributed by atoms with van der Waals surface area (Å²) in [7, 11) is 0. The molecule has 1 N–H and O–H groups in total. The first kappa shape index (κ1) is 15.6.